The predicted octanol–water partition coefficient (Wildman–Crippen LogP) is 3.16. The number of aromatic nitrogens is 2. The average molecular weight is 726 g/mol. The van der Waals surface area contributed by atoms with Gasteiger partial charge in [0.2, 0.25) is 17.7 Å². The first-order chi connectivity index (χ1) is 25.0. The summed E-state index contributed by atoms with van der Waals surface area (Å²) in [7, 11) is 0. The molecule has 0 bridgehead atoms. The van der Waals surface area contributed by atoms with Crippen molar-refractivity contribution in [2.24, 2.45) is 29.1 Å². The fraction of sp³-hybridized carbons (Fsp3) is 0.769. The Labute approximate surface area is 309 Å². The first-order valence-electron chi connectivity index (χ1n) is 19.6. The number of nitrogens with one attached hydrogen (secondary N) is 4. The van der Waals surface area contributed by atoms with E-state index in [2.05, 4.69) is 38.2 Å². The van der Waals surface area contributed by atoms with Gasteiger partial charge >= 0.3 is 0 Å². The van der Waals surface area contributed by atoms with Crippen LogP contribution in [0.25, 0.3) is 0 Å². The highest BCUT2D eigenvalue weighted by atomic mass is 16.3. The Balaban J connectivity index is 0.00000297. The Morgan fingerprint density at radius 3 is 2.29 bits per heavy atom. The molecule has 3 aliphatic carbocycles. The first kappa shape index (κ1) is 41.3. The van der Waals surface area contributed by atoms with Gasteiger partial charge in [0.1, 0.15) is 24.6 Å². The normalized spacial score (nSPS) is 24.0. The second-order valence-corrected chi connectivity index (χ2v) is 16.4. The van der Waals surface area contributed by atoms with Crippen molar-refractivity contribution in [2.75, 3.05) is 19.7 Å². The fourth-order valence-corrected chi connectivity index (χ4v) is 8.69. The van der Waals surface area contributed by atoms with E-state index in [4.69, 9.17) is 4.79 Å². The summed E-state index contributed by atoms with van der Waals surface area (Å²) in [6.07, 6.45) is 16.4. The molecule has 1 saturated heterocycles. The summed E-state index contributed by atoms with van der Waals surface area (Å²) in [6.45, 7) is 11.2. The van der Waals surface area contributed by atoms with Gasteiger partial charge in [0.25, 0.3) is 5.91 Å². The third kappa shape index (κ3) is 10.8. The van der Waals surface area contributed by atoms with E-state index in [9.17, 15) is 24.3 Å². The molecular weight excluding hydrogens is 662 g/mol. The van der Waals surface area contributed by atoms with Crippen LogP contribution in [0.2, 0.25) is 0 Å². The van der Waals surface area contributed by atoms with Crippen LogP contribution in [0.15, 0.2) is 18.6 Å². The molecule has 4 aliphatic rings. The van der Waals surface area contributed by atoms with E-state index in [0.717, 1.165) is 77.0 Å². The van der Waals surface area contributed by atoms with Gasteiger partial charge in [0.05, 0.1) is 12.1 Å². The zero-order valence-electron chi connectivity index (χ0n) is 31.8. The second kappa shape index (κ2) is 19.6. The average Bonchev–Trinajstić information content (AvgIpc) is 3.72. The maximum atomic E-state index is 14.7. The molecule has 5 N–H and O–H groups in total. The van der Waals surface area contributed by atoms with Crippen LogP contribution in [0, 0.1) is 29.1 Å². The number of amides is 4. The number of carbonyl (C=O) groups is 5. The summed E-state index contributed by atoms with van der Waals surface area (Å²) in [5, 5.41) is 22.9. The maximum Gasteiger partial charge on any atom is 0.272 e. The fourth-order valence-electron chi connectivity index (χ4n) is 8.69. The van der Waals surface area contributed by atoms with Gasteiger partial charge in [0.15, 0.2) is 0 Å². The Morgan fingerprint density at radius 1 is 0.942 bits per heavy atom. The molecule has 13 heteroatoms. The third-order valence-electron chi connectivity index (χ3n) is 11.6. The summed E-state index contributed by atoms with van der Waals surface area (Å²) >= 11 is 0. The molecule has 0 radical (unpaired) electrons. The number of nitrogens with zero attached hydrogens (tertiary/aromatic N) is 3. The lowest BCUT2D eigenvalue weighted by molar-refractivity contribution is -0.141. The smallest absolute Gasteiger partial charge is 0.272 e. The van der Waals surface area contributed by atoms with Crippen LogP contribution in [-0.2, 0) is 19.2 Å². The molecule has 4 unspecified atom stereocenters. The van der Waals surface area contributed by atoms with Crippen LogP contribution in [0.5, 0.6) is 0 Å². The molecule has 1 aromatic rings. The number of likely N-dealkylation sites (tertiary alicyclic amines) is 1. The van der Waals surface area contributed by atoms with Crippen molar-refractivity contribution in [1.82, 2.24) is 36.1 Å². The second-order valence-electron chi connectivity index (χ2n) is 16.4. The quantitative estimate of drug-likeness (QED) is 0.171. The molecule has 1 aromatic heterocycles. The highest BCUT2D eigenvalue weighted by Crippen LogP contribution is 2.43. The number of carbonyl (C=O) groups excluding carboxylic acids is 5. The van der Waals surface area contributed by atoms with Crippen LogP contribution in [-0.4, -0.2) is 100 Å². The number of aliphatic hydroxyl groups is 1. The van der Waals surface area contributed by atoms with Crippen LogP contribution in [0.3, 0.4) is 0 Å². The standard InChI is InChI=1S/C38H61N7O5.CH2O/c1-5-10-29(28(17-20-46)34(47)42-26-15-16-26)41-22-31-27-14-9-13-25(27)23-45(31)37(50)33(38(2,3)4)44-36(49)32(24-11-7-6-8-12-24)43-35(48)30-21-39-18-19-40-30;1-2/h18-19,21,24-29,31-33,41,46H,5-17,20,22-23H2,1-4H3,(H,42,47)(H,43,48)(H,44,49);1H2/t25?,27?,28?,29-,31+,32-,33?;/m0./s1. The lowest BCUT2D eigenvalue weighted by Gasteiger charge is -2.39. The van der Waals surface area contributed by atoms with Crippen LogP contribution in [0.1, 0.15) is 122 Å². The summed E-state index contributed by atoms with van der Waals surface area (Å²) in [5.41, 5.74) is -0.442. The monoisotopic (exact) mass is 725 g/mol. The molecule has 2 heterocycles. The van der Waals surface area contributed by atoms with Gasteiger partial charge in [-0.3, -0.25) is 24.2 Å². The molecule has 4 amide bonds. The molecular formula is C39H63N7O6. The van der Waals surface area contributed by atoms with Crippen molar-refractivity contribution >= 4 is 30.4 Å². The largest absolute Gasteiger partial charge is 0.396 e. The van der Waals surface area contributed by atoms with E-state index < -0.39 is 23.4 Å². The molecule has 290 valence electrons. The van der Waals surface area contributed by atoms with Crippen LogP contribution in [0.4, 0.5) is 0 Å². The lowest BCUT2D eigenvalue weighted by Crippen LogP contribution is -2.61. The molecule has 7 atom stereocenters. The van der Waals surface area contributed by atoms with Gasteiger partial charge in [-0.1, -0.05) is 59.8 Å². The number of fused-ring (bicyclic) bond motifs is 1. The Hall–Kier alpha value is -3.45. The molecule has 13 nitrogen and oxygen atoms in total. The number of hydrogen-bond acceptors (Lipinski definition) is 9. The van der Waals surface area contributed by atoms with E-state index in [1.807, 2.05) is 32.5 Å². The van der Waals surface area contributed by atoms with E-state index in [0.29, 0.717) is 31.3 Å². The van der Waals surface area contributed by atoms with Crippen LogP contribution < -0.4 is 21.3 Å². The summed E-state index contributed by atoms with van der Waals surface area (Å²) in [5.74, 6) is -0.521. The minimum Gasteiger partial charge on any atom is -0.396 e. The maximum absolute atomic E-state index is 14.7. The zero-order chi connectivity index (χ0) is 37.8. The topological polar surface area (TPSA) is 183 Å². The highest BCUT2D eigenvalue weighted by Gasteiger charge is 2.49. The Morgan fingerprint density at radius 2 is 1.67 bits per heavy atom. The SMILES string of the molecule is C=O.CCC[C@H](NC[C@@H]1C2CCCC2CN1C(=O)C(NC(=O)[C@@H](NC(=O)c1cnccn1)C1CCCCC1)C(C)(C)C)C(CCO)C(=O)NC1CC1. The van der Waals surface area contributed by atoms with Gasteiger partial charge in [-0.25, -0.2) is 4.98 Å². The molecule has 0 aromatic carbocycles. The van der Waals surface area contributed by atoms with Crippen molar-refractivity contribution in [3.63, 3.8) is 0 Å². The van der Waals surface area contributed by atoms with Crippen molar-refractivity contribution < 1.29 is 29.1 Å². The lowest BCUT2D eigenvalue weighted by atomic mass is 9.82. The van der Waals surface area contributed by atoms with Crippen molar-refractivity contribution in [2.45, 2.75) is 141 Å². The molecule has 1 aliphatic heterocycles. The van der Waals surface area contributed by atoms with Gasteiger partial charge in [-0.2, -0.15) is 0 Å². The summed E-state index contributed by atoms with van der Waals surface area (Å²) in [6, 6.07) is -1.53. The Bertz CT molecular complexity index is 1320. The van der Waals surface area contributed by atoms with Gasteiger partial charge in [-0.15, -0.1) is 0 Å². The first-order valence-corrected chi connectivity index (χ1v) is 19.6. The van der Waals surface area contributed by atoms with Gasteiger partial charge in [-0.05, 0) is 74.5 Å². The van der Waals surface area contributed by atoms with E-state index in [1.165, 1.54) is 18.6 Å². The molecule has 3 saturated carbocycles. The number of rotatable bonds is 16. The number of aliphatic hydroxyl groups excluding tert-OH is 1. The zero-order valence-corrected chi connectivity index (χ0v) is 31.8. The minimum atomic E-state index is -0.797. The van der Waals surface area contributed by atoms with Crippen molar-refractivity contribution in [3.05, 3.63) is 24.3 Å². The molecule has 5 rings (SSSR count). The molecule has 0 spiro atoms. The Kier molecular flexibility index (Phi) is 15.6. The molecule has 52 heavy (non-hydrogen) atoms. The van der Waals surface area contributed by atoms with Gasteiger partial charge in [0, 0.05) is 50.2 Å². The predicted molar refractivity (Wildman–Crippen MR) is 198 cm³/mol. The van der Waals surface area contributed by atoms with E-state index >= 15 is 0 Å². The van der Waals surface area contributed by atoms with Crippen molar-refractivity contribution in [3.8, 4) is 0 Å². The summed E-state index contributed by atoms with van der Waals surface area (Å²) < 4.78 is 0. The van der Waals surface area contributed by atoms with E-state index in [-0.39, 0.29) is 60.0 Å². The molecule has 4 fully saturated rings. The highest BCUT2D eigenvalue weighted by molar-refractivity contribution is 5.97. The van der Waals surface area contributed by atoms with Crippen LogP contribution >= 0.6 is 0 Å². The third-order valence-corrected chi connectivity index (χ3v) is 11.6. The van der Waals surface area contributed by atoms with E-state index in [1.54, 1.807) is 0 Å². The minimum absolute atomic E-state index is 0.0000241. The summed E-state index contributed by atoms with van der Waals surface area (Å²) in [4.78, 5) is 73.6. The van der Waals surface area contributed by atoms with Crippen molar-refractivity contribution in [1.29, 1.82) is 0 Å². The van der Waals surface area contributed by atoms with Gasteiger partial charge < -0.3 is 36.1 Å². The number of hydrogen-bond donors (Lipinski definition) is 5.